The van der Waals surface area contributed by atoms with Gasteiger partial charge in [-0.15, -0.1) is 0 Å². The minimum Gasteiger partial charge on any atom is -0.292 e. The summed E-state index contributed by atoms with van der Waals surface area (Å²) in [5.74, 6) is -1.89. The predicted molar refractivity (Wildman–Crippen MR) is 114 cm³/mol. The van der Waals surface area contributed by atoms with Crippen molar-refractivity contribution in [2.24, 2.45) is 5.92 Å². The van der Waals surface area contributed by atoms with Gasteiger partial charge in [-0.2, -0.15) is 0 Å². The van der Waals surface area contributed by atoms with Crippen molar-refractivity contribution in [1.29, 1.82) is 0 Å². The number of hydrogen-bond acceptors (Lipinski definition) is 5. The highest BCUT2D eigenvalue weighted by atomic mass is 35.5. The number of likely N-dealkylation sites (tertiary alicyclic amines) is 1. The van der Waals surface area contributed by atoms with Crippen molar-refractivity contribution in [2.75, 3.05) is 19.3 Å². The highest BCUT2D eigenvalue weighted by molar-refractivity contribution is 7.90. The Morgan fingerprint density at radius 2 is 1.55 bits per heavy atom. The summed E-state index contributed by atoms with van der Waals surface area (Å²) in [6.45, 7) is 0.857. The summed E-state index contributed by atoms with van der Waals surface area (Å²) in [5.41, 5.74) is 1.96. The predicted octanol–water partition coefficient (Wildman–Crippen LogP) is 4.22. The topological polar surface area (TPSA) is 63.2 Å². The van der Waals surface area contributed by atoms with Crippen LogP contribution in [0.3, 0.4) is 0 Å². The SMILES string of the molecule is CS(=O)(=O)C(c1cc(F)cc(F)c1)C1CN([C@H](c2ccc(Cl)cc2)c2cncnc2)C1. The number of sulfone groups is 1. The molecule has 1 fully saturated rings. The van der Waals surface area contributed by atoms with E-state index in [-0.39, 0.29) is 17.5 Å². The first-order valence-corrected chi connectivity index (χ1v) is 11.9. The van der Waals surface area contributed by atoms with E-state index in [4.69, 9.17) is 11.6 Å². The number of halogens is 3. The van der Waals surface area contributed by atoms with Crippen LogP contribution in [0, 0.1) is 17.6 Å². The van der Waals surface area contributed by atoms with E-state index < -0.39 is 26.7 Å². The van der Waals surface area contributed by atoms with Crippen LogP contribution in [0.1, 0.15) is 28.0 Å². The summed E-state index contributed by atoms with van der Waals surface area (Å²) < 4.78 is 52.6. The lowest BCUT2D eigenvalue weighted by molar-refractivity contribution is 0.0652. The van der Waals surface area contributed by atoms with Crippen LogP contribution < -0.4 is 0 Å². The van der Waals surface area contributed by atoms with E-state index in [0.717, 1.165) is 35.6 Å². The zero-order valence-corrected chi connectivity index (χ0v) is 18.2. The molecule has 162 valence electrons. The smallest absolute Gasteiger partial charge is 0.154 e. The highest BCUT2D eigenvalue weighted by Gasteiger charge is 2.43. The Bertz CT molecular complexity index is 1150. The monoisotopic (exact) mass is 463 g/mol. The Morgan fingerprint density at radius 1 is 0.968 bits per heavy atom. The molecule has 0 N–H and O–H groups in total. The third-order valence-corrected chi connectivity index (χ3v) is 7.32. The van der Waals surface area contributed by atoms with Gasteiger partial charge < -0.3 is 0 Å². The first-order valence-electron chi connectivity index (χ1n) is 9.61. The number of aromatic nitrogens is 2. The second-order valence-electron chi connectivity index (χ2n) is 7.79. The highest BCUT2D eigenvalue weighted by Crippen LogP contribution is 2.42. The minimum absolute atomic E-state index is 0.135. The van der Waals surface area contributed by atoms with Gasteiger partial charge in [-0.05, 0) is 35.4 Å². The van der Waals surface area contributed by atoms with Crippen LogP contribution in [0.4, 0.5) is 8.78 Å². The molecule has 3 aromatic rings. The zero-order valence-electron chi connectivity index (χ0n) is 16.6. The van der Waals surface area contributed by atoms with Gasteiger partial charge in [0, 0.05) is 54.3 Å². The van der Waals surface area contributed by atoms with Crippen LogP contribution in [0.25, 0.3) is 0 Å². The summed E-state index contributed by atoms with van der Waals surface area (Å²) in [6.07, 6.45) is 5.98. The molecule has 0 bridgehead atoms. The molecule has 1 saturated heterocycles. The summed E-state index contributed by atoms with van der Waals surface area (Å²) >= 11 is 6.03. The second-order valence-corrected chi connectivity index (χ2v) is 10.4. The maximum Gasteiger partial charge on any atom is 0.154 e. The summed E-state index contributed by atoms with van der Waals surface area (Å²) in [6, 6.07) is 10.1. The van der Waals surface area contributed by atoms with Crippen molar-refractivity contribution in [3.63, 3.8) is 0 Å². The number of rotatable bonds is 6. The molecule has 0 aliphatic carbocycles. The number of nitrogens with zero attached hydrogens (tertiary/aromatic N) is 3. The van der Waals surface area contributed by atoms with Crippen LogP contribution in [0.5, 0.6) is 0 Å². The molecule has 1 unspecified atom stereocenters. The first-order chi connectivity index (χ1) is 14.7. The quantitative estimate of drug-likeness (QED) is 0.548. The molecule has 0 saturated carbocycles. The Labute approximate surface area is 184 Å². The van der Waals surface area contributed by atoms with Crippen molar-refractivity contribution < 1.29 is 17.2 Å². The van der Waals surface area contributed by atoms with Gasteiger partial charge in [0.15, 0.2) is 9.84 Å². The fourth-order valence-corrected chi connectivity index (χ4v) is 5.90. The minimum atomic E-state index is -3.60. The molecule has 0 amide bonds. The first kappa shape index (κ1) is 21.8. The molecule has 1 aliphatic rings. The van der Waals surface area contributed by atoms with Gasteiger partial charge in [-0.1, -0.05) is 23.7 Å². The fraction of sp³-hybridized carbons (Fsp3) is 0.273. The maximum atomic E-state index is 13.8. The lowest BCUT2D eigenvalue weighted by Crippen LogP contribution is -2.52. The lowest BCUT2D eigenvalue weighted by atomic mass is 9.87. The van der Waals surface area contributed by atoms with Crippen LogP contribution in [-0.2, 0) is 9.84 Å². The average Bonchev–Trinajstić information content (AvgIpc) is 2.66. The van der Waals surface area contributed by atoms with E-state index in [1.807, 2.05) is 12.1 Å². The second kappa shape index (κ2) is 8.61. The molecule has 2 heterocycles. The Morgan fingerprint density at radius 3 is 2.10 bits per heavy atom. The normalized spacial score (nSPS) is 17.2. The number of benzene rings is 2. The van der Waals surface area contributed by atoms with E-state index in [1.165, 1.54) is 6.33 Å². The van der Waals surface area contributed by atoms with E-state index >= 15 is 0 Å². The van der Waals surface area contributed by atoms with Crippen LogP contribution in [0.15, 0.2) is 61.2 Å². The molecule has 0 spiro atoms. The zero-order chi connectivity index (χ0) is 22.2. The van der Waals surface area contributed by atoms with Gasteiger partial charge in [-0.3, -0.25) is 4.90 Å². The van der Waals surface area contributed by atoms with E-state index in [9.17, 15) is 17.2 Å². The van der Waals surface area contributed by atoms with E-state index in [2.05, 4.69) is 14.9 Å². The van der Waals surface area contributed by atoms with Crippen LogP contribution in [0.2, 0.25) is 5.02 Å². The molecule has 2 atom stereocenters. The van der Waals surface area contributed by atoms with Gasteiger partial charge in [0.2, 0.25) is 0 Å². The Balaban J connectivity index is 1.64. The molecule has 4 rings (SSSR count). The van der Waals surface area contributed by atoms with Gasteiger partial charge in [0.1, 0.15) is 18.0 Å². The molecule has 5 nitrogen and oxygen atoms in total. The van der Waals surface area contributed by atoms with E-state index in [1.54, 1.807) is 24.5 Å². The van der Waals surface area contributed by atoms with Crippen molar-refractivity contribution in [3.05, 3.63) is 94.5 Å². The maximum absolute atomic E-state index is 13.8. The molecular weight excluding hydrogens is 444 g/mol. The molecule has 2 aromatic carbocycles. The van der Waals surface area contributed by atoms with Crippen LogP contribution >= 0.6 is 11.6 Å². The largest absolute Gasteiger partial charge is 0.292 e. The number of hydrogen-bond donors (Lipinski definition) is 0. The fourth-order valence-electron chi connectivity index (χ4n) is 4.27. The van der Waals surface area contributed by atoms with Crippen molar-refractivity contribution in [1.82, 2.24) is 14.9 Å². The third-order valence-electron chi connectivity index (χ3n) is 5.49. The van der Waals surface area contributed by atoms with E-state index in [0.29, 0.717) is 18.1 Å². The van der Waals surface area contributed by atoms with Gasteiger partial charge in [0.05, 0.1) is 11.3 Å². The molecular formula is C22H20ClF2N3O2S. The molecule has 1 aromatic heterocycles. The van der Waals surface area contributed by atoms with Crippen molar-refractivity contribution in [2.45, 2.75) is 11.3 Å². The molecule has 0 radical (unpaired) electrons. The Kier molecular flexibility index (Phi) is 6.05. The van der Waals surface area contributed by atoms with Crippen molar-refractivity contribution in [3.8, 4) is 0 Å². The average molecular weight is 464 g/mol. The van der Waals surface area contributed by atoms with Crippen LogP contribution in [-0.4, -0.2) is 42.6 Å². The summed E-state index contributed by atoms with van der Waals surface area (Å²) in [7, 11) is -3.60. The summed E-state index contributed by atoms with van der Waals surface area (Å²) in [4.78, 5) is 10.3. The van der Waals surface area contributed by atoms with Gasteiger partial charge in [0.25, 0.3) is 0 Å². The lowest BCUT2D eigenvalue weighted by Gasteiger charge is -2.47. The molecule has 31 heavy (non-hydrogen) atoms. The van der Waals surface area contributed by atoms with Crippen molar-refractivity contribution >= 4 is 21.4 Å². The standard InChI is InChI=1S/C22H20ClF2N3O2S/c1-31(29,30)22(15-6-19(24)8-20(25)7-15)17-11-28(12-17)21(16-9-26-13-27-10-16)14-2-4-18(23)5-3-14/h2-10,13,17,21-22H,11-12H2,1H3/t21-,22?/m1/s1. The van der Waals surface area contributed by atoms with Gasteiger partial charge in [-0.25, -0.2) is 27.2 Å². The molecule has 1 aliphatic heterocycles. The van der Waals surface area contributed by atoms with Gasteiger partial charge >= 0.3 is 0 Å². The summed E-state index contributed by atoms with van der Waals surface area (Å²) in [5, 5.41) is -0.384. The Hall–Kier alpha value is -2.42. The third kappa shape index (κ3) is 4.76. The molecule has 9 heteroatoms.